The molecule has 0 spiro atoms. The summed E-state index contributed by atoms with van der Waals surface area (Å²) in [5, 5.41) is 13.0. The van der Waals surface area contributed by atoms with E-state index in [9.17, 15) is 5.11 Å². The van der Waals surface area contributed by atoms with Gasteiger partial charge in [-0.2, -0.15) is 0 Å². The SMILES string of the molecule is Cc1ccc(CN[C@@H](CO)Cc2ccccc2)c(C)c1. The molecule has 0 saturated carbocycles. The van der Waals surface area contributed by atoms with Crippen molar-refractivity contribution in [2.75, 3.05) is 6.61 Å². The van der Waals surface area contributed by atoms with Crippen LogP contribution >= 0.6 is 0 Å². The Kier molecular flexibility index (Phi) is 5.33. The zero-order chi connectivity index (χ0) is 14.4. The highest BCUT2D eigenvalue weighted by Crippen LogP contribution is 2.11. The molecule has 2 aromatic rings. The minimum Gasteiger partial charge on any atom is -0.395 e. The highest BCUT2D eigenvalue weighted by Gasteiger charge is 2.08. The van der Waals surface area contributed by atoms with E-state index < -0.39 is 0 Å². The van der Waals surface area contributed by atoms with Crippen molar-refractivity contribution in [1.29, 1.82) is 0 Å². The standard InChI is InChI=1S/C18H23NO/c1-14-8-9-17(15(2)10-14)12-19-18(13-20)11-16-6-4-3-5-7-16/h3-10,18-20H,11-13H2,1-2H3/t18-/m1/s1. The lowest BCUT2D eigenvalue weighted by Crippen LogP contribution is -2.34. The summed E-state index contributed by atoms with van der Waals surface area (Å²) in [6.45, 7) is 5.19. The van der Waals surface area contributed by atoms with Crippen LogP contribution in [-0.4, -0.2) is 17.8 Å². The highest BCUT2D eigenvalue weighted by atomic mass is 16.3. The fraction of sp³-hybridized carbons (Fsp3) is 0.333. The number of benzene rings is 2. The second-order valence-electron chi connectivity index (χ2n) is 5.38. The van der Waals surface area contributed by atoms with E-state index in [-0.39, 0.29) is 12.6 Å². The first-order valence-corrected chi connectivity index (χ1v) is 7.13. The van der Waals surface area contributed by atoms with E-state index in [2.05, 4.69) is 49.5 Å². The van der Waals surface area contributed by atoms with Gasteiger partial charge in [-0.3, -0.25) is 0 Å². The molecular formula is C18H23NO. The fourth-order valence-corrected chi connectivity index (χ4v) is 2.40. The van der Waals surface area contributed by atoms with Gasteiger partial charge in [0.15, 0.2) is 0 Å². The van der Waals surface area contributed by atoms with Crippen molar-refractivity contribution in [2.45, 2.75) is 32.9 Å². The molecule has 2 heteroatoms. The van der Waals surface area contributed by atoms with E-state index in [0.29, 0.717) is 0 Å². The minimum atomic E-state index is 0.0955. The predicted octanol–water partition coefficient (Wildman–Crippen LogP) is 3.00. The Labute approximate surface area is 121 Å². The van der Waals surface area contributed by atoms with E-state index >= 15 is 0 Å². The van der Waals surface area contributed by atoms with Crippen molar-refractivity contribution in [2.24, 2.45) is 0 Å². The summed E-state index contributed by atoms with van der Waals surface area (Å²) in [4.78, 5) is 0. The van der Waals surface area contributed by atoms with Crippen LogP contribution in [0.2, 0.25) is 0 Å². The second kappa shape index (κ2) is 7.22. The van der Waals surface area contributed by atoms with Crippen LogP contribution in [0, 0.1) is 13.8 Å². The molecule has 0 bridgehead atoms. The summed E-state index contributed by atoms with van der Waals surface area (Å²) in [6, 6.07) is 16.9. The molecular weight excluding hydrogens is 246 g/mol. The van der Waals surface area contributed by atoms with Crippen molar-refractivity contribution >= 4 is 0 Å². The molecule has 1 atom stereocenters. The van der Waals surface area contributed by atoms with E-state index in [1.54, 1.807) is 0 Å². The number of rotatable bonds is 6. The van der Waals surface area contributed by atoms with Gasteiger partial charge in [0.1, 0.15) is 0 Å². The lowest BCUT2D eigenvalue weighted by atomic mass is 10.0. The molecule has 0 aliphatic carbocycles. The van der Waals surface area contributed by atoms with Gasteiger partial charge < -0.3 is 10.4 Å². The molecule has 0 amide bonds. The Bertz CT molecular complexity index is 536. The molecule has 0 fully saturated rings. The van der Waals surface area contributed by atoms with Crippen molar-refractivity contribution < 1.29 is 5.11 Å². The third-order valence-electron chi connectivity index (χ3n) is 3.62. The van der Waals surface area contributed by atoms with E-state index in [0.717, 1.165) is 13.0 Å². The van der Waals surface area contributed by atoms with Crippen LogP contribution in [0.1, 0.15) is 22.3 Å². The van der Waals surface area contributed by atoms with Gasteiger partial charge in [0, 0.05) is 12.6 Å². The van der Waals surface area contributed by atoms with Crippen molar-refractivity contribution in [1.82, 2.24) is 5.32 Å². The average Bonchev–Trinajstić information content (AvgIpc) is 2.46. The molecule has 2 nitrogen and oxygen atoms in total. The molecule has 2 N–H and O–H groups in total. The maximum atomic E-state index is 9.52. The summed E-state index contributed by atoms with van der Waals surface area (Å²) < 4.78 is 0. The third kappa shape index (κ3) is 4.19. The molecule has 0 aliphatic heterocycles. The van der Waals surface area contributed by atoms with Crippen molar-refractivity contribution in [3.8, 4) is 0 Å². The Hall–Kier alpha value is -1.64. The summed E-state index contributed by atoms with van der Waals surface area (Å²) in [7, 11) is 0. The number of aliphatic hydroxyl groups excluding tert-OH is 1. The normalized spacial score (nSPS) is 12.3. The van der Waals surface area contributed by atoms with E-state index in [1.807, 2.05) is 18.2 Å². The molecule has 20 heavy (non-hydrogen) atoms. The predicted molar refractivity (Wildman–Crippen MR) is 83.8 cm³/mol. The smallest absolute Gasteiger partial charge is 0.0587 e. The summed E-state index contributed by atoms with van der Waals surface area (Å²) in [6.07, 6.45) is 0.849. The number of aryl methyl sites for hydroxylation is 2. The molecule has 0 unspecified atom stereocenters. The maximum Gasteiger partial charge on any atom is 0.0587 e. The first-order chi connectivity index (χ1) is 9.69. The van der Waals surface area contributed by atoms with Crippen LogP contribution in [-0.2, 0) is 13.0 Å². The Morgan fingerprint density at radius 3 is 2.45 bits per heavy atom. The largest absolute Gasteiger partial charge is 0.395 e. The van der Waals surface area contributed by atoms with Gasteiger partial charge in [0.05, 0.1) is 6.61 Å². The zero-order valence-electron chi connectivity index (χ0n) is 12.3. The quantitative estimate of drug-likeness (QED) is 0.845. The lowest BCUT2D eigenvalue weighted by molar-refractivity contribution is 0.240. The van der Waals surface area contributed by atoms with Gasteiger partial charge in [0.2, 0.25) is 0 Å². The van der Waals surface area contributed by atoms with Crippen LogP contribution in [0.4, 0.5) is 0 Å². The van der Waals surface area contributed by atoms with Crippen LogP contribution in [0.5, 0.6) is 0 Å². The average molecular weight is 269 g/mol. The second-order valence-corrected chi connectivity index (χ2v) is 5.38. The van der Waals surface area contributed by atoms with Crippen LogP contribution in [0.25, 0.3) is 0 Å². The topological polar surface area (TPSA) is 32.3 Å². The Morgan fingerprint density at radius 2 is 1.80 bits per heavy atom. The molecule has 0 aliphatic rings. The number of hydrogen-bond acceptors (Lipinski definition) is 2. The molecule has 0 radical (unpaired) electrons. The monoisotopic (exact) mass is 269 g/mol. The molecule has 2 aromatic carbocycles. The van der Waals surface area contributed by atoms with Gasteiger partial charge >= 0.3 is 0 Å². The molecule has 106 valence electrons. The first kappa shape index (κ1) is 14.8. The third-order valence-corrected chi connectivity index (χ3v) is 3.62. The molecule has 0 heterocycles. The van der Waals surface area contributed by atoms with Crippen molar-refractivity contribution in [3.05, 3.63) is 70.8 Å². The lowest BCUT2D eigenvalue weighted by Gasteiger charge is -2.17. The van der Waals surface area contributed by atoms with Gasteiger partial charge in [-0.1, -0.05) is 54.1 Å². The summed E-state index contributed by atoms with van der Waals surface area (Å²) in [5.41, 5.74) is 5.13. The van der Waals surface area contributed by atoms with E-state index in [1.165, 1.54) is 22.3 Å². The Morgan fingerprint density at radius 1 is 1.05 bits per heavy atom. The first-order valence-electron chi connectivity index (χ1n) is 7.13. The Balaban J connectivity index is 1.93. The van der Waals surface area contributed by atoms with E-state index in [4.69, 9.17) is 0 Å². The number of nitrogens with one attached hydrogen (secondary N) is 1. The number of aliphatic hydroxyl groups is 1. The van der Waals surface area contributed by atoms with Gasteiger partial charge in [-0.05, 0) is 37.0 Å². The van der Waals surface area contributed by atoms with Gasteiger partial charge in [-0.15, -0.1) is 0 Å². The summed E-state index contributed by atoms with van der Waals surface area (Å²) >= 11 is 0. The van der Waals surface area contributed by atoms with Crippen molar-refractivity contribution in [3.63, 3.8) is 0 Å². The number of hydrogen-bond donors (Lipinski definition) is 2. The fourth-order valence-electron chi connectivity index (χ4n) is 2.40. The maximum absolute atomic E-state index is 9.52. The van der Waals surface area contributed by atoms with Gasteiger partial charge in [-0.25, -0.2) is 0 Å². The van der Waals surface area contributed by atoms with Crippen LogP contribution in [0.3, 0.4) is 0 Å². The minimum absolute atomic E-state index is 0.0955. The van der Waals surface area contributed by atoms with Gasteiger partial charge in [0.25, 0.3) is 0 Å². The molecule has 0 aromatic heterocycles. The summed E-state index contributed by atoms with van der Waals surface area (Å²) in [5.74, 6) is 0. The van der Waals surface area contributed by atoms with Crippen LogP contribution < -0.4 is 5.32 Å². The molecule has 2 rings (SSSR count). The van der Waals surface area contributed by atoms with Crippen LogP contribution in [0.15, 0.2) is 48.5 Å². The highest BCUT2D eigenvalue weighted by molar-refractivity contribution is 5.30. The zero-order valence-corrected chi connectivity index (χ0v) is 12.3. The molecule has 0 saturated heterocycles.